The minimum atomic E-state index is -3.63. The zero-order chi connectivity index (χ0) is 16.9. The normalized spacial score (nSPS) is 12.6. The van der Waals surface area contributed by atoms with Crippen molar-refractivity contribution in [2.24, 2.45) is 0 Å². The fourth-order valence-electron chi connectivity index (χ4n) is 2.21. The lowest BCUT2D eigenvalue weighted by molar-refractivity contribution is -0.144. The lowest BCUT2D eigenvalue weighted by Gasteiger charge is -2.16. The predicted octanol–water partition coefficient (Wildman–Crippen LogP) is 3.46. The Morgan fingerprint density at radius 3 is 2.43 bits per heavy atom. The van der Waals surface area contributed by atoms with E-state index < -0.39 is 21.7 Å². The third-order valence-corrected chi connectivity index (χ3v) is 5.31. The van der Waals surface area contributed by atoms with Gasteiger partial charge in [0.05, 0.1) is 23.2 Å². The summed E-state index contributed by atoms with van der Waals surface area (Å²) in [5.74, 6) is -1.86. The number of rotatable bonds is 6. The van der Waals surface area contributed by atoms with E-state index in [1.807, 2.05) is 0 Å². The number of hydrogen-bond donors (Lipinski definition) is 0. The Morgan fingerprint density at radius 1 is 1.13 bits per heavy atom. The number of sulfone groups is 1. The summed E-state index contributed by atoms with van der Waals surface area (Å²) >= 11 is 5.96. The van der Waals surface area contributed by atoms with Crippen LogP contribution in [0.25, 0.3) is 0 Å². The van der Waals surface area contributed by atoms with Crippen molar-refractivity contribution in [3.63, 3.8) is 0 Å². The SMILES string of the molecule is CCOC(=O)C(CS(=O)(=O)c1ccccc1)c1cccc(Cl)c1. The molecule has 2 aromatic rings. The Hall–Kier alpha value is -1.85. The molecule has 0 spiro atoms. The Morgan fingerprint density at radius 2 is 1.83 bits per heavy atom. The van der Waals surface area contributed by atoms with Gasteiger partial charge in [-0.2, -0.15) is 0 Å². The number of hydrogen-bond acceptors (Lipinski definition) is 4. The van der Waals surface area contributed by atoms with Gasteiger partial charge in [-0.15, -0.1) is 0 Å². The lowest BCUT2D eigenvalue weighted by atomic mass is 10.0. The summed E-state index contributed by atoms with van der Waals surface area (Å²) in [6, 6.07) is 14.6. The van der Waals surface area contributed by atoms with Gasteiger partial charge in [0.15, 0.2) is 9.84 Å². The molecule has 1 atom stereocenters. The Kier molecular flexibility index (Phi) is 5.80. The molecule has 6 heteroatoms. The van der Waals surface area contributed by atoms with Crippen LogP contribution in [0.4, 0.5) is 0 Å². The average molecular weight is 353 g/mol. The molecule has 0 saturated heterocycles. The highest BCUT2D eigenvalue weighted by Crippen LogP contribution is 2.25. The van der Waals surface area contributed by atoms with Crippen molar-refractivity contribution in [2.45, 2.75) is 17.7 Å². The summed E-state index contributed by atoms with van der Waals surface area (Å²) in [6.07, 6.45) is 0. The second-order valence-corrected chi connectivity index (χ2v) is 7.42. The highest BCUT2D eigenvalue weighted by molar-refractivity contribution is 7.91. The number of carbonyl (C=O) groups excluding carboxylic acids is 1. The molecule has 4 nitrogen and oxygen atoms in total. The maximum atomic E-state index is 12.6. The van der Waals surface area contributed by atoms with E-state index in [2.05, 4.69) is 0 Å². The van der Waals surface area contributed by atoms with E-state index in [-0.39, 0.29) is 17.3 Å². The van der Waals surface area contributed by atoms with E-state index >= 15 is 0 Å². The summed E-state index contributed by atoms with van der Waals surface area (Å²) < 4.78 is 30.2. The maximum absolute atomic E-state index is 12.6. The van der Waals surface area contributed by atoms with Crippen molar-refractivity contribution in [2.75, 3.05) is 12.4 Å². The van der Waals surface area contributed by atoms with Crippen molar-refractivity contribution in [3.8, 4) is 0 Å². The molecule has 2 rings (SSSR count). The summed E-state index contributed by atoms with van der Waals surface area (Å²) in [5.41, 5.74) is 0.524. The van der Waals surface area contributed by atoms with Crippen LogP contribution in [-0.2, 0) is 19.4 Å². The van der Waals surface area contributed by atoms with E-state index in [1.165, 1.54) is 12.1 Å². The summed E-state index contributed by atoms with van der Waals surface area (Å²) in [5, 5.41) is 0.439. The standard InChI is InChI=1S/C17H17ClO4S/c1-2-22-17(19)16(13-7-6-8-14(18)11-13)12-23(20,21)15-9-4-3-5-10-15/h3-11,16H,2,12H2,1H3. The molecule has 2 aromatic carbocycles. The number of halogens is 1. The second kappa shape index (κ2) is 7.62. The summed E-state index contributed by atoms with van der Waals surface area (Å²) in [7, 11) is -3.63. The van der Waals surface area contributed by atoms with Gasteiger partial charge in [0, 0.05) is 5.02 Å². The molecule has 0 aliphatic heterocycles. The molecule has 0 fully saturated rings. The maximum Gasteiger partial charge on any atom is 0.314 e. The topological polar surface area (TPSA) is 60.4 Å². The second-order valence-electron chi connectivity index (χ2n) is 4.95. The van der Waals surface area contributed by atoms with Crippen LogP contribution in [0.15, 0.2) is 59.5 Å². The number of ether oxygens (including phenoxy) is 1. The van der Waals surface area contributed by atoms with Gasteiger partial charge in [0.2, 0.25) is 0 Å². The Labute approximate surface area is 141 Å². The van der Waals surface area contributed by atoms with Crippen molar-refractivity contribution >= 4 is 27.4 Å². The molecule has 0 radical (unpaired) electrons. The lowest BCUT2D eigenvalue weighted by Crippen LogP contribution is -2.24. The molecular weight excluding hydrogens is 336 g/mol. The molecule has 1 unspecified atom stereocenters. The van der Waals surface area contributed by atoms with Crippen LogP contribution in [-0.4, -0.2) is 26.7 Å². The van der Waals surface area contributed by atoms with E-state index in [1.54, 1.807) is 49.4 Å². The molecule has 0 bridgehead atoms. The fourth-order valence-corrected chi connectivity index (χ4v) is 3.94. The Bertz CT molecular complexity index is 772. The van der Waals surface area contributed by atoms with Gasteiger partial charge in [-0.3, -0.25) is 4.79 Å². The molecule has 0 amide bonds. The third kappa shape index (κ3) is 4.56. The monoisotopic (exact) mass is 352 g/mol. The van der Waals surface area contributed by atoms with Gasteiger partial charge in [0.25, 0.3) is 0 Å². The minimum Gasteiger partial charge on any atom is -0.465 e. The molecular formula is C17H17ClO4S. The first kappa shape index (κ1) is 17.5. The molecule has 0 saturated carbocycles. The average Bonchev–Trinajstić information content (AvgIpc) is 2.54. The number of carbonyl (C=O) groups is 1. The van der Waals surface area contributed by atoms with Gasteiger partial charge < -0.3 is 4.74 Å². The predicted molar refractivity (Wildman–Crippen MR) is 89.3 cm³/mol. The number of esters is 1. The van der Waals surface area contributed by atoms with Crippen LogP contribution in [0, 0.1) is 0 Å². The van der Waals surface area contributed by atoms with E-state index in [4.69, 9.17) is 16.3 Å². The van der Waals surface area contributed by atoms with Gasteiger partial charge >= 0.3 is 5.97 Å². The molecule has 23 heavy (non-hydrogen) atoms. The highest BCUT2D eigenvalue weighted by atomic mass is 35.5. The minimum absolute atomic E-state index is 0.177. The zero-order valence-electron chi connectivity index (χ0n) is 12.6. The first-order valence-electron chi connectivity index (χ1n) is 7.14. The van der Waals surface area contributed by atoms with Crippen molar-refractivity contribution < 1.29 is 17.9 Å². The molecule has 0 heterocycles. The van der Waals surface area contributed by atoms with Crippen LogP contribution < -0.4 is 0 Å². The van der Waals surface area contributed by atoms with Crippen molar-refractivity contribution in [1.82, 2.24) is 0 Å². The van der Waals surface area contributed by atoms with E-state index in [9.17, 15) is 13.2 Å². The fraction of sp³-hybridized carbons (Fsp3) is 0.235. The van der Waals surface area contributed by atoms with Crippen LogP contribution in [0.5, 0.6) is 0 Å². The van der Waals surface area contributed by atoms with E-state index in [0.29, 0.717) is 10.6 Å². The molecule has 0 aliphatic rings. The first-order chi connectivity index (χ1) is 10.9. The van der Waals surface area contributed by atoms with Crippen LogP contribution >= 0.6 is 11.6 Å². The molecule has 0 N–H and O–H groups in total. The van der Waals surface area contributed by atoms with Crippen molar-refractivity contribution in [1.29, 1.82) is 0 Å². The summed E-state index contributed by atoms with van der Waals surface area (Å²) in [4.78, 5) is 12.4. The van der Waals surface area contributed by atoms with E-state index in [0.717, 1.165) is 0 Å². The quantitative estimate of drug-likeness (QED) is 0.747. The smallest absolute Gasteiger partial charge is 0.314 e. The number of benzene rings is 2. The molecule has 0 aromatic heterocycles. The van der Waals surface area contributed by atoms with Crippen LogP contribution in [0.1, 0.15) is 18.4 Å². The largest absolute Gasteiger partial charge is 0.465 e. The van der Waals surface area contributed by atoms with Gasteiger partial charge in [-0.05, 0) is 36.8 Å². The van der Waals surface area contributed by atoms with Gasteiger partial charge in [0.1, 0.15) is 0 Å². The van der Waals surface area contributed by atoms with Crippen LogP contribution in [0.3, 0.4) is 0 Å². The zero-order valence-corrected chi connectivity index (χ0v) is 14.2. The van der Waals surface area contributed by atoms with Crippen molar-refractivity contribution in [3.05, 3.63) is 65.2 Å². The Balaban J connectivity index is 2.37. The third-order valence-electron chi connectivity index (χ3n) is 3.31. The first-order valence-corrected chi connectivity index (χ1v) is 9.17. The molecule has 0 aliphatic carbocycles. The van der Waals surface area contributed by atoms with Gasteiger partial charge in [-0.1, -0.05) is 41.9 Å². The summed E-state index contributed by atoms with van der Waals surface area (Å²) in [6.45, 7) is 1.86. The van der Waals surface area contributed by atoms with Crippen LogP contribution in [0.2, 0.25) is 5.02 Å². The highest BCUT2D eigenvalue weighted by Gasteiger charge is 2.29. The molecule has 122 valence electrons. The van der Waals surface area contributed by atoms with Gasteiger partial charge in [-0.25, -0.2) is 8.42 Å².